The van der Waals surface area contributed by atoms with E-state index in [1.165, 1.54) is 0 Å². The van der Waals surface area contributed by atoms with Crippen LogP contribution in [0, 0.1) is 5.92 Å². The van der Waals surface area contributed by atoms with Crippen molar-refractivity contribution >= 4 is 11.8 Å². The first kappa shape index (κ1) is 13.9. The van der Waals surface area contributed by atoms with Gasteiger partial charge in [0.15, 0.2) is 0 Å². The Morgan fingerprint density at radius 1 is 1.53 bits per heavy atom. The molecule has 96 valence electrons. The minimum absolute atomic E-state index is 0.110. The van der Waals surface area contributed by atoms with Crippen LogP contribution >= 0.6 is 0 Å². The number of carbonyl (C=O) groups is 2. The predicted molar refractivity (Wildman–Crippen MR) is 65.6 cm³/mol. The lowest BCUT2D eigenvalue weighted by atomic mass is 9.94. The summed E-state index contributed by atoms with van der Waals surface area (Å²) in [6.45, 7) is 9.85. The molecule has 17 heavy (non-hydrogen) atoms. The molecule has 1 atom stereocenters. The first-order valence-electron chi connectivity index (χ1n) is 6.18. The van der Waals surface area contributed by atoms with Crippen molar-refractivity contribution < 1.29 is 14.3 Å². The lowest BCUT2D eigenvalue weighted by molar-refractivity contribution is -0.138. The minimum atomic E-state index is -0.336. The number of hydrogen-bond acceptors (Lipinski definition) is 4. The van der Waals surface area contributed by atoms with E-state index in [-0.39, 0.29) is 11.9 Å². The summed E-state index contributed by atoms with van der Waals surface area (Å²) in [5.41, 5.74) is 0.469. The Labute approximate surface area is 103 Å². The normalized spacial score (nSPS) is 21.3. The van der Waals surface area contributed by atoms with Gasteiger partial charge in [0.1, 0.15) is 5.78 Å². The number of carbonyl (C=O) groups excluding carboxylic acids is 2. The highest BCUT2D eigenvalue weighted by molar-refractivity contribution is 5.88. The monoisotopic (exact) mass is 239 g/mol. The van der Waals surface area contributed by atoms with Gasteiger partial charge in [0.2, 0.25) is 0 Å². The van der Waals surface area contributed by atoms with E-state index in [1.54, 1.807) is 6.92 Å². The second kappa shape index (κ2) is 6.55. The number of likely N-dealkylation sites (tertiary alicyclic amines) is 1. The Bertz CT molecular complexity index is 312. The molecule has 0 radical (unpaired) electrons. The Balaban J connectivity index is 2.44. The quantitative estimate of drug-likeness (QED) is 0.537. The summed E-state index contributed by atoms with van der Waals surface area (Å²) in [4.78, 5) is 25.1. The molecule has 1 heterocycles. The van der Waals surface area contributed by atoms with Gasteiger partial charge in [-0.3, -0.25) is 9.69 Å². The van der Waals surface area contributed by atoms with E-state index in [0.717, 1.165) is 13.0 Å². The van der Waals surface area contributed by atoms with Crippen LogP contribution < -0.4 is 0 Å². The molecule has 0 N–H and O–H groups in total. The summed E-state index contributed by atoms with van der Waals surface area (Å²) in [5.74, 6) is 0.113. The number of nitrogens with zero attached hydrogens (tertiary/aromatic N) is 1. The third-order valence-electron chi connectivity index (χ3n) is 3.08. The molecule has 1 rings (SSSR count). The van der Waals surface area contributed by atoms with E-state index in [0.29, 0.717) is 37.5 Å². The highest BCUT2D eigenvalue weighted by atomic mass is 16.5. The van der Waals surface area contributed by atoms with Gasteiger partial charge in [0, 0.05) is 37.5 Å². The molecule has 1 saturated heterocycles. The van der Waals surface area contributed by atoms with Crippen molar-refractivity contribution in [1.82, 2.24) is 4.90 Å². The fourth-order valence-electron chi connectivity index (χ4n) is 2.05. The van der Waals surface area contributed by atoms with Gasteiger partial charge in [-0.2, -0.15) is 0 Å². The smallest absolute Gasteiger partial charge is 0.334 e. The minimum Gasteiger partial charge on any atom is -0.463 e. The largest absolute Gasteiger partial charge is 0.463 e. The third-order valence-corrected chi connectivity index (χ3v) is 3.08. The van der Waals surface area contributed by atoms with Crippen molar-refractivity contribution in [1.29, 1.82) is 0 Å². The maximum Gasteiger partial charge on any atom is 0.334 e. The van der Waals surface area contributed by atoms with Crippen LogP contribution in [0.2, 0.25) is 0 Å². The number of hydrogen-bond donors (Lipinski definition) is 0. The fraction of sp³-hybridized carbons (Fsp3) is 0.692. The highest BCUT2D eigenvalue weighted by Gasteiger charge is 2.26. The van der Waals surface area contributed by atoms with Gasteiger partial charge < -0.3 is 4.74 Å². The molecule has 0 amide bonds. The van der Waals surface area contributed by atoms with Crippen molar-refractivity contribution in [2.75, 3.05) is 26.2 Å². The van der Waals surface area contributed by atoms with Crippen molar-refractivity contribution in [3.05, 3.63) is 12.2 Å². The third kappa shape index (κ3) is 3.97. The Morgan fingerprint density at radius 2 is 2.24 bits per heavy atom. The summed E-state index contributed by atoms with van der Waals surface area (Å²) in [7, 11) is 0. The first-order valence-corrected chi connectivity index (χ1v) is 6.18. The summed E-state index contributed by atoms with van der Waals surface area (Å²) in [5, 5.41) is 0. The number of ketones is 1. The summed E-state index contributed by atoms with van der Waals surface area (Å²) in [6, 6.07) is 0. The molecule has 1 fully saturated rings. The van der Waals surface area contributed by atoms with Crippen LogP contribution in [0.5, 0.6) is 0 Å². The lowest BCUT2D eigenvalue weighted by Crippen LogP contribution is -2.42. The molecular formula is C13H21NO3. The maximum atomic E-state index is 11.6. The molecule has 0 saturated carbocycles. The van der Waals surface area contributed by atoms with Gasteiger partial charge in [0.05, 0.1) is 6.61 Å². The molecule has 1 unspecified atom stereocenters. The molecular weight excluding hydrogens is 218 g/mol. The van der Waals surface area contributed by atoms with Crippen LogP contribution in [0.4, 0.5) is 0 Å². The zero-order valence-electron chi connectivity index (χ0n) is 10.7. The number of piperidine rings is 1. The summed E-state index contributed by atoms with van der Waals surface area (Å²) in [6.07, 6.45) is 1.44. The van der Waals surface area contributed by atoms with E-state index in [9.17, 15) is 9.59 Å². The number of rotatable bonds is 5. The second-order valence-electron chi connectivity index (χ2n) is 4.38. The van der Waals surface area contributed by atoms with Crippen molar-refractivity contribution in [2.45, 2.75) is 26.7 Å². The topological polar surface area (TPSA) is 46.6 Å². The summed E-state index contributed by atoms with van der Waals surface area (Å²) >= 11 is 0. The van der Waals surface area contributed by atoms with Crippen molar-refractivity contribution in [3.63, 3.8) is 0 Å². The van der Waals surface area contributed by atoms with Gasteiger partial charge in [-0.15, -0.1) is 0 Å². The van der Waals surface area contributed by atoms with Gasteiger partial charge in [-0.1, -0.05) is 13.5 Å². The molecule has 0 spiro atoms. The number of ether oxygens (including phenoxy) is 1. The Morgan fingerprint density at radius 3 is 2.82 bits per heavy atom. The Kier molecular flexibility index (Phi) is 5.35. The molecule has 0 aliphatic carbocycles. The van der Waals surface area contributed by atoms with Gasteiger partial charge in [-0.05, 0) is 13.3 Å². The van der Waals surface area contributed by atoms with Crippen LogP contribution in [0.1, 0.15) is 26.7 Å². The average molecular weight is 239 g/mol. The van der Waals surface area contributed by atoms with E-state index < -0.39 is 0 Å². The predicted octanol–water partition coefficient (Wildman–Crippen LogP) is 1.41. The number of Topliss-reactive ketones (excluding diaryl/α,β-unsaturated/α-hetero) is 1. The first-order chi connectivity index (χ1) is 8.08. The molecule has 4 nitrogen and oxygen atoms in total. The lowest BCUT2D eigenvalue weighted by Gasteiger charge is -2.31. The molecule has 1 aliphatic rings. The van der Waals surface area contributed by atoms with E-state index in [2.05, 4.69) is 11.5 Å². The van der Waals surface area contributed by atoms with E-state index in [4.69, 9.17) is 4.74 Å². The number of esters is 1. The molecule has 0 aromatic heterocycles. The molecule has 0 bridgehead atoms. The zero-order chi connectivity index (χ0) is 12.8. The van der Waals surface area contributed by atoms with Crippen LogP contribution in [0.25, 0.3) is 0 Å². The van der Waals surface area contributed by atoms with Gasteiger partial charge in [-0.25, -0.2) is 4.79 Å². The summed E-state index contributed by atoms with van der Waals surface area (Å²) < 4.78 is 4.89. The van der Waals surface area contributed by atoms with E-state index in [1.807, 2.05) is 6.92 Å². The van der Waals surface area contributed by atoms with E-state index >= 15 is 0 Å². The Hall–Kier alpha value is -1.16. The van der Waals surface area contributed by atoms with Gasteiger partial charge >= 0.3 is 5.97 Å². The molecule has 0 aromatic carbocycles. The highest BCUT2D eigenvalue weighted by Crippen LogP contribution is 2.16. The van der Waals surface area contributed by atoms with Gasteiger partial charge in [0.25, 0.3) is 0 Å². The second-order valence-corrected chi connectivity index (χ2v) is 4.38. The zero-order valence-corrected chi connectivity index (χ0v) is 10.7. The molecule has 1 aliphatic heterocycles. The van der Waals surface area contributed by atoms with Crippen LogP contribution in [0.15, 0.2) is 12.2 Å². The van der Waals surface area contributed by atoms with Crippen LogP contribution in [-0.4, -0.2) is 42.9 Å². The average Bonchev–Trinajstić information content (AvgIpc) is 2.31. The SMILES string of the molecule is C=C(CN1CCC(=O)C(CC)C1)C(=O)OCC. The fourth-order valence-corrected chi connectivity index (χ4v) is 2.05. The van der Waals surface area contributed by atoms with Crippen LogP contribution in [0.3, 0.4) is 0 Å². The molecule has 4 heteroatoms. The standard InChI is InChI=1S/C13H21NO3/c1-4-11-9-14(7-6-12(11)15)8-10(3)13(16)17-5-2/h11H,3-9H2,1-2H3. The molecule has 0 aromatic rings. The van der Waals surface area contributed by atoms with Crippen molar-refractivity contribution in [3.8, 4) is 0 Å². The maximum absolute atomic E-state index is 11.6. The van der Waals surface area contributed by atoms with Crippen molar-refractivity contribution in [2.24, 2.45) is 5.92 Å². The van der Waals surface area contributed by atoms with Crippen LogP contribution in [-0.2, 0) is 14.3 Å².